The molecule has 13 heteroatoms. The van der Waals surface area contributed by atoms with Crippen LogP contribution in [0.4, 0.5) is 11.4 Å². The summed E-state index contributed by atoms with van der Waals surface area (Å²) in [5.41, 5.74) is -0.00164. The second kappa shape index (κ2) is 10.5. The molecule has 33 heavy (non-hydrogen) atoms. The molecule has 0 saturated heterocycles. The molecule has 0 spiro atoms. The summed E-state index contributed by atoms with van der Waals surface area (Å²) in [7, 11) is -9.09. The Hall–Kier alpha value is -1.38. The fourth-order valence-electron chi connectivity index (χ4n) is 3.28. The van der Waals surface area contributed by atoms with Gasteiger partial charge in [-0.15, -0.1) is 10.2 Å². The molecule has 0 fully saturated rings. The standard InChI is InChI=1S/C20H14N2O7S2.2Na/c23-20-15-8-4-3-7-14(15)19(31(27,28)29)11-17(20)22-21-16-9-10-18(30(24,25)26)13-6-2-1-5-12(13)16;;/h1-11,23H,(H,24,25,26)(H,27,28,29);;. The number of aromatic hydroxyl groups is 1. The Morgan fingerprint density at radius 2 is 1.03 bits per heavy atom. The third-order valence-electron chi connectivity index (χ3n) is 4.64. The van der Waals surface area contributed by atoms with Gasteiger partial charge in [-0.05, 0) is 18.2 Å². The van der Waals surface area contributed by atoms with Gasteiger partial charge in [0.05, 0.1) is 5.69 Å². The summed E-state index contributed by atoms with van der Waals surface area (Å²) in [6.45, 7) is 0. The molecule has 0 atom stereocenters. The molecule has 0 bridgehead atoms. The van der Waals surface area contributed by atoms with Gasteiger partial charge in [-0.3, -0.25) is 9.11 Å². The molecule has 0 aliphatic heterocycles. The molecule has 0 saturated carbocycles. The average Bonchev–Trinajstić information content (AvgIpc) is 2.71. The fraction of sp³-hybridized carbons (Fsp3) is 0. The van der Waals surface area contributed by atoms with Gasteiger partial charge in [-0.25, -0.2) is 0 Å². The zero-order valence-electron chi connectivity index (χ0n) is 17.5. The van der Waals surface area contributed by atoms with E-state index in [-0.39, 0.29) is 97.3 Å². The van der Waals surface area contributed by atoms with Crippen molar-refractivity contribution >= 4 is 112 Å². The van der Waals surface area contributed by atoms with Gasteiger partial charge in [0.15, 0.2) is 5.75 Å². The number of hydrogen-bond acceptors (Lipinski definition) is 7. The number of hydrogen-bond donors (Lipinski definition) is 3. The minimum Gasteiger partial charge on any atom is -0.505 e. The van der Waals surface area contributed by atoms with Gasteiger partial charge >= 0.3 is 0 Å². The first-order chi connectivity index (χ1) is 14.6. The van der Waals surface area contributed by atoms with Crippen LogP contribution in [0.2, 0.25) is 0 Å². The zero-order chi connectivity index (χ0) is 22.4. The second-order valence-electron chi connectivity index (χ2n) is 6.57. The van der Waals surface area contributed by atoms with Gasteiger partial charge in [-0.1, -0.05) is 48.5 Å². The molecule has 4 aromatic rings. The third-order valence-corrected chi connectivity index (χ3v) is 6.45. The molecular formula is C20H14N2Na2O7S2. The van der Waals surface area contributed by atoms with Gasteiger partial charge in [0, 0.05) is 80.7 Å². The molecule has 0 unspecified atom stereocenters. The van der Waals surface area contributed by atoms with Crippen molar-refractivity contribution < 1.29 is 31.0 Å². The van der Waals surface area contributed by atoms with Crippen LogP contribution in [0.3, 0.4) is 0 Å². The minimum absolute atomic E-state index is 0. The van der Waals surface area contributed by atoms with Gasteiger partial charge < -0.3 is 5.11 Å². The molecule has 160 valence electrons. The Bertz CT molecular complexity index is 1610. The summed E-state index contributed by atoms with van der Waals surface area (Å²) >= 11 is 0. The predicted octanol–water partition coefficient (Wildman–Crippen LogP) is 3.85. The summed E-state index contributed by atoms with van der Waals surface area (Å²) in [6, 6.07) is 15.8. The number of phenols is 1. The number of azo groups is 1. The van der Waals surface area contributed by atoms with E-state index in [4.69, 9.17) is 0 Å². The maximum Gasteiger partial charge on any atom is 0.295 e. The zero-order valence-corrected chi connectivity index (χ0v) is 23.2. The molecule has 9 nitrogen and oxygen atoms in total. The van der Waals surface area contributed by atoms with Gasteiger partial charge in [0.2, 0.25) is 0 Å². The van der Waals surface area contributed by atoms with Crippen LogP contribution < -0.4 is 0 Å². The molecule has 4 rings (SSSR count). The topological polar surface area (TPSA) is 154 Å². The normalized spacial score (nSPS) is 11.9. The van der Waals surface area contributed by atoms with E-state index >= 15 is 0 Å². The number of phenolic OH excluding ortho intramolecular Hbond substituents is 1. The molecule has 0 amide bonds. The first-order valence-corrected chi connectivity index (χ1v) is 11.6. The van der Waals surface area contributed by atoms with Crippen molar-refractivity contribution in [1.29, 1.82) is 0 Å². The molecule has 0 aromatic heterocycles. The van der Waals surface area contributed by atoms with Crippen LogP contribution in [0.1, 0.15) is 0 Å². The third kappa shape index (κ3) is 5.65. The van der Waals surface area contributed by atoms with Gasteiger partial charge in [0.1, 0.15) is 15.5 Å². The number of benzene rings is 4. The van der Waals surface area contributed by atoms with Crippen molar-refractivity contribution in [2.45, 2.75) is 9.79 Å². The van der Waals surface area contributed by atoms with Crippen molar-refractivity contribution in [1.82, 2.24) is 0 Å². The Morgan fingerprint density at radius 1 is 0.576 bits per heavy atom. The summed E-state index contributed by atoms with van der Waals surface area (Å²) in [4.78, 5) is -0.745. The Morgan fingerprint density at radius 3 is 1.58 bits per heavy atom. The van der Waals surface area contributed by atoms with Crippen molar-refractivity contribution in [3.05, 3.63) is 66.7 Å². The van der Waals surface area contributed by atoms with Crippen molar-refractivity contribution in [2.75, 3.05) is 0 Å². The summed E-state index contributed by atoms with van der Waals surface area (Å²) < 4.78 is 65.9. The van der Waals surface area contributed by atoms with E-state index in [1.807, 2.05) is 0 Å². The fourth-order valence-corrected chi connectivity index (χ4v) is 4.69. The van der Waals surface area contributed by atoms with E-state index in [0.29, 0.717) is 5.39 Å². The minimum atomic E-state index is -4.62. The Balaban J connectivity index is 0.00000193. The number of nitrogens with zero attached hydrogens (tertiary/aromatic N) is 2. The van der Waals surface area contributed by atoms with E-state index in [0.717, 1.165) is 12.1 Å². The smallest absolute Gasteiger partial charge is 0.295 e. The van der Waals surface area contributed by atoms with Crippen LogP contribution in [0.5, 0.6) is 5.75 Å². The predicted molar refractivity (Wildman–Crippen MR) is 125 cm³/mol. The summed E-state index contributed by atoms with van der Waals surface area (Å²) in [5.74, 6) is -0.342. The van der Waals surface area contributed by atoms with Crippen LogP contribution in [-0.2, 0) is 20.2 Å². The number of fused-ring (bicyclic) bond motifs is 2. The van der Waals surface area contributed by atoms with E-state index in [1.165, 1.54) is 24.3 Å². The van der Waals surface area contributed by atoms with Crippen molar-refractivity contribution in [3.8, 4) is 5.75 Å². The van der Waals surface area contributed by atoms with Crippen LogP contribution in [0.15, 0.2) is 86.7 Å². The molecule has 4 aromatic carbocycles. The molecule has 3 N–H and O–H groups in total. The molecule has 0 aliphatic carbocycles. The van der Waals surface area contributed by atoms with E-state index in [1.54, 1.807) is 30.3 Å². The Labute approximate surface area is 233 Å². The molecular weight excluding hydrogens is 490 g/mol. The van der Waals surface area contributed by atoms with Gasteiger partial charge in [0.25, 0.3) is 20.2 Å². The molecule has 0 aliphatic rings. The van der Waals surface area contributed by atoms with Crippen molar-refractivity contribution in [2.24, 2.45) is 10.2 Å². The van der Waals surface area contributed by atoms with Crippen LogP contribution in [0, 0.1) is 0 Å². The van der Waals surface area contributed by atoms with Crippen LogP contribution in [-0.4, -0.2) is 90.2 Å². The summed E-state index contributed by atoms with van der Waals surface area (Å²) in [6.07, 6.45) is 0. The van der Waals surface area contributed by atoms with Crippen LogP contribution >= 0.6 is 0 Å². The first kappa shape index (κ1) is 27.9. The molecule has 2 radical (unpaired) electrons. The SMILES string of the molecule is O=S(=O)(O)c1ccc(N=Nc2cc(S(=O)(=O)O)c3ccccc3c2O)c2ccccc12.[Na].[Na]. The first-order valence-electron chi connectivity index (χ1n) is 8.70. The maximum atomic E-state index is 11.8. The average molecular weight is 504 g/mol. The second-order valence-corrected chi connectivity index (χ2v) is 9.35. The van der Waals surface area contributed by atoms with E-state index in [2.05, 4.69) is 10.2 Å². The quantitative estimate of drug-likeness (QED) is 0.217. The summed E-state index contributed by atoms with van der Waals surface area (Å²) in [5, 5.41) is 19.3. The van der Waals surface area contributed by atoms with Gasteiger partial charge in [-0.2, -0.15) is 16.8 Å². The maximum absolute atomic E-state index is 11.8. The van der Waals surface area contributed by atoms with Crippen molar-refractivity contribution in [3.63, 3.8) is 0 Å². The monoisotopic (exact) mass is 504 g/mol. The number of rotatable bonds is 4. The molecule has 0 heterocycles. The largest absolute Gasteiger partial charge is 0.505 e. The van der Waals surface area contributed by atoms with Crippen LogP contribution in [0.25, 0.3) is 21.5 Å². The van der Waals surface area contributed by atoms with E-state index < -0.39 is 25.1 Å². The van der Waals surface area contributed by atoms with E-state index in [9.17, 15) is 31.0 Å². The Kier molecular flexibility index (Phi) is 8.85.